The van der Waals surface area contributed by atoms with Crippen molar-refractivity contribution in [3.8, 4) is 5.75 Å². The first-order valence-electron chi connectivity index (χ1n) is 6.62. The molecule has 100 valence electrons. The quantitative estimate of drug-likeness (QED) is 0.811. The maximum absolute atomic E-state index is 9.68. The van der Waals surface area contributed by atoms with E-state index in [0.29, 0.717) is 5.92 Å². The molecule has 1 N–H and O–H groups in total. The Morgan fingerprint density at radius 3 is 3.00 bits per heavy atom. The number of hydrogen-bond donors (Lipinski definition) is 1. The fraction of sp³-hybridized carbons (Fsp3) is 0.400. The summed E-state index contributed by atoms with van der Waals surface area (Å²) in [5, 5.41) is 12.0. The molecule has 1 aliphatic heterocycles. The molecule has 1 aromatic heterocycles. The van der Waals surface area contributed by atoms with Crippen LogP contribution in [0.4, 0.5) is 5.82 Å². The molecular weight excluding hydrogens is 260 g/mol. The molecule has 3 nitrogen and oxygen atoms in total. The third kappa shape index (κ3) is 2.35. The Bertz CT molecular complexity index is 602. The van der Waals surface area contributed by atoms with Gasteiger partial charge in [0.25, 0.3) is 0 Å². The molecule has 19 heavy (non-hydrogen) atoms. The van der Waals surface area contributed by atoms with Crippen molar-refractivity contribution in [2.24, 2.45) is 5.92 Å². The number of benzene rings is 1. The molecule has 1 aliphatic rings. The number of fused-ring (bicyclic) bond motifs is 1. The lowest BCUT2D eigenvalue weighted by Gasteiger charge is -2.35. The molecule has 0 radical (unpaired) electrons. The van der Waals surface area contributed by atoms with Crippen LogP contribution in [0.5, 0.6) is 5.75 Å². The number of aromatic hydroxyl groups is 1. The number of hydrogen-bond acceptors (Lipinski definition) is 3. The maximum atomic E-state index is 9.68. The van der Waals surface area contributed by atoms with Crippen molar-refractivity contribution in [2.45, 2.75) is 18.7 Å². The molecule has 1 saturated heterocycles. The van der Waals surface area contributed by atoms with E-state index in [1.165, 1.54) is 0 Å². The Balaban J connectivity index is 2.03. The summed E-state index contributed by atoms with van der Waals surface area (Å²) < 4.78 is 0. The van der Waals surface area contributed by atoms with Gasteiger partial charge in [-0.1, -0.05) is 13.0 Å². The molecule has 4 heteroatoms. The van der Waals surface area contributed by atoms with E-state index in [2.05, 4.69) is 16.8 Å². The van der Waals surface area contributed by atoms with Crippen molar-refractivity contribution in [1.29, 1.82) is 0 Å². The first kappa shape index (κ1) is 12.5. The van der Waals surface area contributed by atoms with Crippen molar-refractivity contribution < 1.29 is 5.11 Å². The summed E-state index contributed by atoms with van der Waals surface area (Å²) >= 11 is 6.28. The molecule has 0 bridgehead atoms. The first-order valence-corrected chi connectivity index (χ1v) is 7.05. The number of halogens is 1. The van der Waals surface area contributed by atoms with Crippen LogP contribution >= 0.6 is 11.6 Å². The SMILES string of the molecule is CC1CN(c2nccc3ccc(O)cc23)CCC1Cl. The second-order valence-corrected chi connectivity index (χ2v) is 5.83. The lowest BCUT2D eigenvalue weighted by molar-refractivity contribution is 0.453. The van der Waals surface area contributed by atoms with Crippen LogP contribution < -0.4 is 4.90 Å². The first-order chi connectivity index (χ1) is 9.15. The highest BCUT2D eigenvalue weighted by molar-refractivity contribution is 6.20. The highest BCUT2D eigenvalue weighted by Gasteiger charge is 2.25. The fourth-order valence-corrected chi connectivity index (χ4v) is 2.88. The van der Waals surface area contributed by atoms with Crippen LogP contribution in [0.3, 0.4) is 0 Å². The number of phenols is 1. The zero-order valence-electron chi connectivity index (χ0n) is 10.9. The van der Waals surface area contributed by atoms with Crippen LogP contribution in [0, 0.1) is 5.92 Å². The Kier molecular flexibility index (Phi) is 3.23. The predicted molar refractivity (Wildman–Crippen MR) is 79.0 cm³/mol. The summed E-state index contributed by atoms with van der Waals surface area (Å²) in [5.74, 6) is 1.68. The molecule has 2 atom stereocenters. The standard InChI is InChI=1S/C15H17ClN2O/c1-10-9-18(7-5-14(10)16)15-13-8-12(19)3-2-11(13)4-6-17-15/h2-4,6,8,10,14,19H,5,7,9H2,1H3. The Morgan fingerprint density at radius 2 is 2.21 bits per heavy atom. The Hall–Kier alpha value is -1.48. The van der Waals surface area contributed by atoms with E-state index in [1.807, 2.05) is 18.3 Å². The molecule has 2 aromatic rings. The molecular formula is C15H17ClN2O. The van der Waals surface area contributed by atoms with Crippen molar-refractivity contribution in [3.63, 3.8) is 0 Å². The number of piperidine rings is 1. The summed E-state index contributed by atoms with van der Waals surface area (Å²) in [6.07, 6.45) is 2.80. The minimum Gasteiger partial charge on any atom is -0.508 e. The van der Waals surface area contributed by atoms with Crippen LogP contribution in [0.1, 0.15) is 13.3 Å². The summed E-state index contributed by atoms with van der Waals surface area (Å²) in [6, 6.07) is 7.39. The minimum atomic E-state index is 0.250. The number of pyridine rings is 1. The highest BCUT2D eigenvalue weighted by Crippen LogP contribution is 2.31. The van der Waals surface area contributed by atoms with E-state index < -0.39 is 0 Å². The average Bonchev–Trinajstić information content (AvgIpc) is 2.41. The van der Waals surface area contributed by atoms with Gasteiger partial charge in [-0.05, 0) is 35.9 Å². The van der Waals surface area contributed by atoms with E-state index in [0.717, 1.165) is 36.1 Å². The summed E-state index contributed by atoms with van der Waals surface area (Å²) in [4.78, 5) is 6.77. The van der Waals surface area contributed by atoms with E-state index in [-0.39, 0.29) is 11.1 Å². The zero-order chi connectivity index (χ0) is 13.4. The number of nitrogens with zero attached hydrogens (tertiary/aromatic N) is 2. The number of alkyl halides is 1. The molecule has 0 amide bonds. The number of rotatable bonds is 1. The molecule has 0 spiro atoms. The average molecular weight is 277 g/mol. The summed E-state index contributed by atoms with van der Waals surface area (Å²) in [6.45, 7) is 4.00. The second kappa shape index (κ2) is 4.89. The van der Waals surface area contributed by atoms with Gasteiger partial charge in [0, 0.05) is 30.0 Å². The monoisotopic (exact) mass is 276 g/mol. The zero-order valence-corrected chi connectivity index (χ0v) is 11.6. The highest BCUT2D eigenvalue weighted by atomic mass is 35.5. The van der Waals surface area contributed by atoms with Crippen molar-refractivity contribution in [2.75, 3.05) is 18.0 Å². The van der Waals surface area contributed by atoms with E-state index in [1.54, 1.807) is 12.1 Å². The lowest BCUT2D eigenvalue weighted by atomic mass is 9.99. The van der Waals surface area contributed by atoms with Gasteiger partial charge in [-0.15, -0.1) is 11.6 Å². The van der Waals surface area contributed by atoms with Gasteiger partial charge in [-0.25, -0.2) is 4.98 Å². The van der Waals surface area contributed by atoms with Gasteiger partial charge >= 0.3 is 0 Å². The third-order valence-corrected chi connectivity index (χ3v) is 4.48. The topological polar surface area (TPSA) is 36.4 Å². The molecule has 1 fully saturated rings. The third-order valence-electron chi connectivity index (χ3n) is 3.83. The van der Waals surface area contributed by atoms with Gasteiger partial charge in [0.1, 0.15) is 11.6 Å². The summed E-state index contributed by atoms with van der Waals surface area (Å²) in [5.41, 5.74) is 0. The fourth-order valence-electron chi connectivity index (χ4n) is 2.70. The van der Waals surface area contributed by atoms with Crippen molar-refractivity contribution in [1.82, 2.24) is 4.98 Å². The number of aromatic nitrogens is 1. The Labute approximate surface area is 117 Å². The van der Waals surface area contributed by atoms with Crippen LogP contribution in [0.2, 0.25) is 0 Å². The number of phenolic OH excluding ortho intramolecular Hbond substituents is 1. The van der Waals surface area contributed by atoms with Gasteiger partial charge in [-0.2, -0.15) is 0 Å². The van der Waals surface area contributed by atoms with Crippen LogP contribution in [0.25, 0.3) is 10.8 Å². The Morgan fingerprint density at radius 1 is 1.37 bits per heavy atom. The molecule has 3 rings (SSSR count). The van der Waals surface area contributed by atoms with Crippen LogP contribution in [-0.2, 0) is 0 Å². The molecule has 0 aliphatic carbocycles. The van der Waals surface area contributed by atoms with Gasteiger partial charge in [0.2, 0.25) is 0 Å². The number of anilines is 1. The lowest BCUT2D eigenvalue weighted by Crippen LogP contribution is -2.40. The largest absolute Gasteiger partial charge is 0.508 e. The second-order valence-electron chi connectivity index (χ2n) is 5.27. The van der Waals surface area contributed by atoms with Gasteiger partial charge in [0.15, 0.2) is 0 Å². The van der Waals surface area contributed by atoms with Crippen molar-refractivity contribution >= 4 is 28.2 Å². The van der Waals surface area contributed by atoms with Gasteiger partial charge < -0.3 is 10.0 Å². The van der Waals surface area contributed by atoms with E-state index >= 15 is 0 Å². The molecule has 0 saturated carbocycles. The predicted octanol–water partition coefficient (Wildman–Crippen LogP) is 3.39. The van der Waals surface area contributed by atoms with Gasteiger partial charge in [-0.3, -0.25) is 0 Å². The van der Waals surface area contributed by atoms with E-state index in [4.69, 9.17) is 11.6 Å². The van der Waals surface area contributed by atoms with Crippen LogP contribution in [-0.4, -0.2) is 28.6 Å². The molecule has 2 unspecified atom stereocenters. The minimum absolute atomic E-state index is 0.250. The molecule has 2 heterocycles. The normalized spacial score (nSPS) is 23.8. The summed E-state index contributed by atoms with van der Waals surface area (Å²) in [7, 11) is 0. The van der Waals surface area contributed by atoms with E-state index in [9.17, 15) is 5.11 Å². The smallest absolute Gasteiger partial charge is 0.136 e. The molecule has 1 aromatic carbocycles. The van der Waals surface area contributed by atoms with Crippen LogP contribution in [0.15, 0.2) is 30.5 Å². The van der Waals surface area contributed by atoms with Gasteiger partial charge in [0.05, 0.1) is 0 Å². The van der Waals surface area contributed by atoms with Crippen molar-refractivity contribution in [3.05, 3.63) is 30.5 Å². The maximum Gasteiger partial charge on any atom is 0.136 e.